The molecule has 0 aromatic carbocycles. The second kappa shape index (κ2) is 4.82. The summed E-state index contributed by atoms with van der Waals surface area (Å²) in [4.78, 5) is 5.51. The highest BCUT2D eigenvalue weighted by Gasteiger charge is 2.41. The third kappa shape index (κ3) is 2.31. The van der Waals surface area contributed by atoms with E-state index in [1.807, 2.05) is 0 Å². The van der Waals surface area contributed by atoms with Gasteiger partial charge in [-0.1, -0.05) is 22.4 Å². The molecular formula is C14H25BrN2. The number of alkyl halides is 1. The Morgan fingerprint density at radius 2 is 2.06 bits per heavy atom. The molecule has 2 heterocycles. The topological polar surface area (TPSA) is 6.48 Å². The molecule has 2 atom stereocenters. The van der Waals surface area contributed by atoms with Crippen molar-refractivity contribution in [2.45, 2.75) is 51.1 Å². The molecule has 0 radical (unpaired) electrons. The summed E-state index contributed by atoms with van der Waals surface area (Å²) in [6.45, 7) is 7.75. The minimum atomic E-state index is 0.620. The molecular weight excluding hydrogens is 276 g/mol. The lowest BCUT2D eigenvalue weighted by atomic mass is 9.70. The Kier molecular flexibility index (Phi) is 3.53. The Balaban J connectivity index is 1.62. The number of piperazine rings is 1. The summed E-state index contributed by atoms with van der Waals surface area (Å²) < 4.78 is 0. The van der Waals surface area contributed by atoms with Gasteiger partial charge in [0.15, 0.2) is 0 Å². The summed E-state index contributed by atoms with van der Waals surface area (Å²) in [6, 6.07) is 1.64. The Morgan fingerprint density at radius 1 is 1.24 bits per heavy atom. The smallest absolute Gasteiger partial charge is 0.0224 e. The zero-order chi connectivity index (χ0) is 11.9. The third-order valence-electron chi connectivity index (χ3n) is 5.30. The minimum absolute atomic E-state index is 0.620. The average Bonchev–Trinajstić information content (AvgIpc) is 2.70. The van der Waals surface area contributed by atoms with Gasteiger partial charge < -0.3 is 0 Å². The van der Waals surface area contributed by atoms with E-state index in [4.69, 9.17) is 0 Å². The molecule has 0 spiro atoms. The van der Waals surface area contributed by atoms with Gasteiger partial charge in [0.1, 0.15) is 0 Å². The van der Waals surface area contributed by atoms with Gasteiger partial charge in [-0.3, -0.25) is 9.80 Å². The van der Waals surface area contributed by atoms with Gasteiger partial charge >= 0.3 is 0 Å². The summed E-state index contributed by atoms with van der Waals surface area (Å²) in [5, 5.41) is 1.21. The van der Waals surface area contributed by atoms with Gasteiger partial charge in [0.2, 0.25) is 0 Å². The SMILES string of the molecule is CC1CN2CCCC2CN1CC1(CBr)CCC1. The maximum Gasteiger partial charge on any atom is 0.0224 e. The number of hydrogen-bond acceptors (Lipinski definition) is 2. The quantitative estimate of drug-likeness (QED) is 0.740. The fourth-order valence-electron chi connectivity index (χ4n) is 3.91. The van der Waals surface area contributed by atoms with Crippen LogP contribution in [0.4, 0.5) is 0 Å². The first-order valence-electron chi connectivity index (χ1n) is 7.26. The van der Waals surface area contributed by atoms with Crippen molar-refractivity contribution in [3.05, 3.63) is 0 Å². The van der Waals surface area contributed by atoms with Crippen LogP contribution in [0.1, 0.15) is 39.0 Å². The molecule has 0 N–H and O–H groups in total. The van der Waals surface area contributed by atoms with E-state index in [-0.39, 0.29) is 0 Å². The molecule has 2 nitrogen and oxygen atoms in total. The fourth-order valence-corrected chi connectivity index (χ4v) is 4.65. The van der Waals surface area contributed by atoms with Crippen LogP contribution in [0, 0.1) is 5.41 Å². The molecule has 3 rings (SSSR count). The van der Waals surface area contributed by atoms with Gasteiger partial charge in [0.25, 0.3) is 0 Å². The molecule has 0 amide bonds. The molecule has 3 fully saturated rings. The van der Waals surface area contributed by atoms with Crippen molar-refractivity contribution in [3.8, 4) is 0 Å². The number of rotatable bonds is 3. The van der Waals surface area contributed by atoms with E-state index < -0.39 is 0 Å². The fraction of sp³-hybridized carbons (Fsp3) is 1.00. The molecule has 3 heteroatoms. The van der Waals surface area contributed by atoms with Crippen molar-refractivity contribution in [3.63, 3.8) is 0 Å². The normalized spacial score (nSPS) is 37.8. The van der Waals surface area contributed by atoms with Crippen LogP contribution in [0.25, 0.3) is 0 Å². The van der Waals surface area contributed by atoms with Crippen LogP contribution in [0.15, 0.2) is 0 Å². The van der Waals surface area contributed by atoms with Gasteiger partial charge in [-0.15, -0.1) is 0 Å². The molecule has 1 saturated carbocycles. The van der Waals surface area contributed by atoms with Crippen LogP contribution >= 0.6 is 15.9 Å². The number of halogens is 1. The highest BCUT2D eigenvalue weighted by atomic mass is 79.9. The Hall–Kier alpha value is 0.400. The minimum Gasteiger partial charge on any atom is -0.298 e. The summed E-state index contributed by atoms with van der Waals surface area (Å²) in [5.41, 5.74) is 0.620. The van der Waals surface area contributed by atoms with Crippen LogP contribution in [-0.4, -0.2) is 53.4 Å². The highest BCUT2D eigenvalue weighted by molar-refractivity contribution is 9.09. The van der Waals surface area contributed by atoms with Gasteiger partial charge in [-0.2, -0.15) is 0 Å². The van der Waals surface area contributed by atoms with Crippen LogP contribution in [0.3, 0.4) is 0 Å². The summed E-state index contributed by atoms with van der Waals surface area (Å²) in [5.74, 6) is 0. The number of hydrogen-bond donors (Lipinski definition) is 0. The van der Waals surface area contributed by atoms with E-state index in [1.54, 1.807) is 0 Å². The average molecular weight is 301 g/mol. The van der Waals surface area contributed by atoms with Crippen molar-refractivity contribution in [2.24, 2.45) is 5.41 Å². The maximum absolute atomic E-state index is 3.75. The molecule has 2 aliphatic heterocycles. The van der Waals surface area contributed by atoms with Gasteiger partial charge in [-0.25, -0.2) is 0 Å². The molecule has 17 heavy (non-hydrogen) atoms. The van der Waals surface area contributed by atoms with Gasteiger partial charge in [-0.05, 0) is 44.6 Å². The Labute approximate surface area is 114 Å². The van der Waals surface area contributed by atoms with Crippen LogP contribution in [0.2, 0.25) is 0 Å². The van der Waals surface area contributed by atoms with E-state index in [0.717, 1.165) is 12.1 Å². The zero-order valence-corrected chi connectivity index (χ0v) is 12.6. The van der Waals surface area contributed by atoms with Crippen LogP contribution < -0.4 is 0 Å². The van der Waals surface area contributed by atoms with Crippen molar-refractivity contribution < 1.29 is 0 Å². The lowest BCUT2D eigenvalue weighted by Gasteiger charge is -2.49. The predicted molar refractivity (Wildman–Crippen MR) is 75.7 cm³/mol. The predicted octanol–water partition coefficient (Wildman–Crippen LogP) is 2.72. The van der Waals surface area contributed by atoms with E-state index in [1.165, 1.54) is 63.6 Å². The van der Waals surface area contributed by atoms with Crippen molar-refractivity contribution in [1.82, 2.24) is 9.80 Å². The van der Waals surface area contributed by atoms with Gasteiger partial charge in [0, 0.05) is 37.0 Å². The summed E-state index contributed by atoms with van der Waals surface area (Å²) in [6.07, 6.45) is 7.19. The first-order valence-corrected chi connectivity index (χ1v) is 8.39. The third-order valence-corrected chi connectivity index (χ3v) is 6.49. The van der Waals surface area contributed by atoms with E-state index in [2.05, 4.69) is 32.7 Å². The van der Waals surface area contributed by atoms with Crippen LogP contribution in [-0.2, 0) is 0 Å². The second-order valence-electron chi connectivity index (χ2n) is 6.56. The van der Waals surface area contributed by atoms with E-state index in [9.17, 15) is 0 Å². The van der Waals surface area contributed by atoms with Crippen molar-refractivity contribution >= 4 is 15.9 Å². The molecule has 3 aliphatic rings. The lowest BCUT2D eigenvalue weighted by molar-refractivity contribution is 0.00782. The second-order valence-corrected chi connectivity index (χ2v) is 7.12. The molecule has 2 saturated heterocycles. The summed E-state index contributed by atoms with van der Waals surface area (Å²) in [7, 11) is 0. The first-order chi connectivity index (χ1) is 8.22. The molecule has 98 valence electrons. The Bertz CT molecular complexity index is 272. The molecule has 1 aliphatic carbocycles. The molecule has 0 bridgehead atoms. The first kappa shape index (κ1) is 12.4. The van der Waals surface area contributed by atoms with Gasteiger partial charge in [0.05, 0.1) is 0 Å². The number of nitrogens with zero attached hydrogens (tertiary/aromatic N) is 2. The highest BCUT2D eigenvalue weighted by Crippen LogP contribution is 2.43. The monoisotopic (exact) mass is 300 g/mol. The standard InChI is InChI=1S/C14H25BrN2/c1-12-8-16-7-2-4-13(16)9-17(12)11-14(10-15)5-3-6-14/h12-13H,2-11H2,1H3. The lowest BCUT2D eigenvalue weighted by Crippen LogP contribution is -2.58. The van der Waals surface area contributed by atoms with E-state index in [0.29, 0.717) is 5.41 Å². The number of fused-ring (bicyclic) bond motifs is 1. The van der Waals surface area contributed by atoms with Crippen molar-refractivity contribution in [2.75, 3.05) is 31.5 Å². The van der Waals surface area contributed by atoms with E-state index >= 15 is 0 Å². The zero-order valence-electron chi connectivity index (χ0n) is 11.0. The Morgan fingerprint density at radius 3 is 2.71 bits per heavy atom. The molecule has 2 unspecified atom stereocenters. The summed E-state index contributed by atoms with van der Waals surface area (Å²) >= 11 is 3.75. The largest absolute Gasteiger partial charge is 0.298 e. The molecule has 0 aromatic rings. The van der Waals surface area contributed by atoms with Crippen molar-refractivity contribution in [1.29, 1.82) is 0 Å². The molecule has 0 aromatic heterocycles. The maximum atomic E-state index is 3.75. The van der Waals surface area contributed by atoms with Crippen LogP contribution in [0.5, 0.6) is 0 Å².